The predicted octanol–water partition coefficient (Wildman–Crippen LogP) is 12.6. The number of ether oxygens (including phenoxy) is 1. The first-order valence-electron chi connectivity index (χ1n) is 20.3. The first kappa shape index (κ1) is 39.7. The number of para-hydroxylation sites is 2. The van der Waals surface area contributed by atoms with Crippen LogP contribution in [0.15, 0.2) is 200 Å². The van der Waals surface area contributed by atoms with Gasteiger partial charge < -0.3 is 0 Å². The van der Waals surface area contributed by atoms with Gasteiger partial charge in [0.1, 0.15) is 0 Å². The molecule has 302 valence electrons. The molecule has 0 amide bonds. The minimum atomic E-state index is -0.644. The summed E-state index contributed by atoms with van der Waals surface area (Å²) >= 11 is -0.644. The number of hydrogen-bond acceptors (Lipinski definition) is 5. The standard InChI is InChI=1S/C55H37N4OTe.Pt/c1-38-31-32-56-54(33-38)59-49-25-11-12-26-52(49)61-53-30-28-45(36-51(53)59)60-44-22-13-21-43(35-44)57-37-58(48-29-27-42(34-50(48)57)39-15-5-2-6-16-39)55-46(40-17-7-3-8-18-40)23-14-24-47(55)41-19-9-4-10-20-41;/h2-34,37H,1H3;/q-3;. The molecule has 0 atom stereocenters. The molecular weight excluding hydrogens is 1060 g/mol. The molecule has 0 radical (unpaired) electrons. The third kappa shape index (κ3) is 7.50. The molecule has 3 heterocycles. The van der Waals surface area contributed by atoms with Crippen LogP contribution >= 0.6 is 0 Å². The van der Waals surface area contributed by atoms with Crippen molar-refractivity contribution in [1.82, 2.24) is 4.98 Å². The van der Waals surface area contributed by atoms with Crippen molar-refractivity contribution in [2.75, 3.05) is 14.7 Å². The molecule has 11 rings (SSSR count). The zero-order chi connectivity index (χ0) is 40.7. The maximum atomic E-state index is 6.69. The molecule has 9 aromatic rings. The van der Waals surface area contributed by atoms with Gasteiger partial charge in [-0.05, 0) is 16.7 Å². The van der Waals surface area contributed by atoms with E-state index in [0.29, 0.717) is 11.5 Å². The number of aromatic nitrogens is 1. The van der Waals surface area contributed by atoms with E-state index < -0.39 is 20.9 Å². The van der Waals surface area contributed by atoms with Crippen LogP contribution in [0.25, 0.3) is 33.4 Å². The Bertz CT molecular complexity index is 3000. The first-order valence-corrected chi connectivity index (χ1v) is 22.6. The summed E-state index contributed by atoms with van der Waals surface area (Å²) < 4.78 is 9.36. The van der Waals surface area contributed by atoms with Crippen LogP contribution in [0, 0.1) is 25.7 Å². The SMILES string of the molecule is Cc1ccnc(N2c3[c-]c(Oc4[c-]c(N5[CH-]N(c6c(-c7ccccc7)cccc6-c6ccccc6)c6ccc(-c7ccccc7)cc65)ccc4)ccc3[Te]c3ccccc32)c1.[Pt]. The van der Waals surface area contributed by atoms with Crippen LogP contribution in [-0.2, 0) is 21.1 Å². The molecular formula is C55H37N4OPtTe-3. The average Bonchev–Trinajstić information content (AvgIpc) is 3.70. The molecule has 0 aliphatic carbocycles. The Kier molecular flexibility index (Phi) is 11.0. The fourth-order valence-corrected chi connectivity index (χ4v) is 11.1. The van der Waals surface area contributed by atoms with Crippen LogP contribution in [-0.4, -0.2) is 25.9 Å². The minimum Gasteiger partial charge on any atom is 0 e. The summed E-state index contributed by atoms with van der Waals surface area (Å²) in [7, 11) is 0. The molecule has 0 bridgehead atoms. The van der Waals surface area contributed by atoms with E-state index in [4.69, 9.17) is 9.72 Å². The van der Waals surface area contributed by atoms with Gasteiger partial charge in [-0.3, -0.25) is 0 Å². The summed E-state index contributed by atoms with van der Waals surface area (Å²) in [5.74, 6) is 2.10. The summed E-state index contributed by atoms with van der Waals surface area (Å²) in [5, 5.41) is 0. The minimum absolute atomic E-state index is 0. The topological polar surface area (TPSA) is 31.8 Å². The van der Waals surface area contributed by atoms with E-state index in [9.17, 15) is 0 Å². The maximum Gasteiger partial charge on any atom is 0 e. The fraction of sp³-hybridized carbons (Fsp3) is 0.0182. The Morgan fingerprint density at radius 3 is 1.90 bits per heavy atom. The summed E-state index contributed by atoms with van der Waals surface area (Å²) in [6.45, 7) is 4.30. The molecule has 0 saturated heterocycles. The zero-order valence-corrected chi connectivity index (χ0v) is 38.2. The van der Waals surface area contributed by atoms with E-state index in [1.807, 2.05) is 30.5 Å². The molecule has 0 unspecified atom stereocenters. The third-order valence-electron chi connectivity index (χ3n) is 11.1. The number of aryl methyl sites for hydroxylation is 1. The molecule has 0 N–H and O–H groups in total. The molecule has 2 aliphatic rings. The van der Waals surface area contributed by atoms with E-state index in [1.54, 1.807) is 0 Å². The summed E-state index contributed by atoms with van der Waals surface area (Å²) in [6.07, 6.45) is 1.87. The largest absolute Gasteiger partial charge is 0 e. The third-order valence-corrected chi connectivity index (χ3v) is 14.2. The fourth-order valence-electron chi connectivity index (χ4n) is 8.21. The van der Waals surface area contributed by atoms with Crippen LogP contribution in [0.4, 0.5) is 39.9 Å². The van der Waals surface area contributed by atoms with Gasteiger partial charge in [0.05, 0.1) is 0 Å². The second kappa shape index (κ2) is 17.2. The molecule has 0 saturated carbocycles. The Hall–Kier alpha value is -6.41. The smallest absolute Gasteiger partial charge is 0 e. The number of fused-ring (bicyclic) bond motifs is 3. The van der Waals surface area contributed by atoms with Gasteiger partial charge in [-0.1, -0.05) is 115 Å². The van der Waals surface area contributed by atoms with E-state index in [1.165, 1.54) is 7.22 Å². The number of anilines is 7. The van der Waals surface area contributed by atoms with Gasteiger partial charge in [0, 0.05) is 32.2 Å². The van der Waals surface area contributed by atoms with Gasteiger partial charge in [0.2, 0.25) is 0 Å². The number of nitrogens with zero attached hydrogens (tertiary/aromatic N) is 4. The molecule has 0 fully saturated rings. The Labute approximate surface area is 387 Å². The Balaban J connectivity index is 0.00000458. The Morgan fingerprint density at radius 2 is 1.18 bits per heavy atom. The van der Waals surface area contributed by atoms with Crippen molar-refractivity contribution in [1.29, 1.82) is 0 Å². The molecule has 5 nitrogen and oxygen atoms in total. The van der Waals surface area contributed by atoms with Crippen molar-refractivity contribution in [2.24, 2.45) is 0 Å². The van der Waals surface area contributed by atoms with Crippen molar-refractivity contribution >= 4 is 68.1 Å². The van der Waals surface area contributed by atoms with E-state index >= 15 is 0 Å². The normalized spacial score (nSPS) is 12.6. The average molecular weight is 1090 g/mol. The maximum absolute atomic E-state index is 6.69. The number of pyridine rings is 1. The Morgan fingerprint density at radius 1 is 0.516 bits per heavy atom. The van der Waals surface area contributed by atoms with Crippen molar-refractivity contribution < 1.29 is 25.8 Å². The van der Waals surface area contributed by atoms with Gasteiger partial charge in [0.25, 0.3) is 0 Å². The van der Waals surface area contributed by atoms with Crippen molar-refractivity contribution in [3.63, 3.8) is 0 Å². The summed E-state index contributed by atoms with van der Waals surface area (Å²) in [5.41, 5.74) is 14.2. The monoisotopic (exact) mass is 1090 g/mol. The van der Waals surface area contributed by atoms with Crippen molar-refractivity contribution in [2.45, 2.75) is 6.92 Å². The number of hydrogen-bond donors (Lipinski definition) is 0. The number of benzene rings is 8. The van der Waals surface area contributed by atoms with Gasteiger partial charge in [0.15, 0.2) is 0 Å². The van der Waals surface area contributed by atoms with Gasteiger partial charge >= 0.3 is 226 Å². The molecule has 8 aromatic carbocycles. The summed E-state index contributed by atoms with van der Waals surface area (Å²) in [6, 6.07) is 75.7. The van der Waals surface area contributed by atoms with Crippen LogP contribution in [0.2, 0.25) is 0 Å². The van der Waals surface area contributed by atoms with E-state index in [-0.39, 0.29) is 21.1 Å². The zero-order valence-electron chi connectivity index (χ0n) is 33.6. The van der Waals surface area contributed by atoms with Crippen molar-refractivity contribution in [3.8, 4) is 44.9 Å². The molecule has 2 aliphatic heterocycles. The first-order chi connectivity index (χ1) is 30.1. The van der Waals surface area contributed by atoms with Gasteiger partial charge in [-0.15, -0.1) is 0 Å². The van der Waals surface area contributed by atoms with E-state index in [0.717, 1.165) is 78.9 Å². The van der Waals surface area contributed by atoms with Crippen LogP contribution in [0.1, 0.15) is 5.56 Å². The molecule has 7 heteroatoms. The number of rotatable bonds is 8. The van der Waals surface area contributed by atoms with Crippen LogP contribution < -0.4 is 26.7 Å². The van der Waals surface area contributed by atoms with Crippen LogP contribution in [0.5, 0.6) is 11.5 Å². The second-order valence-electron chi connectivity index (χ2n) is 15.0. The van der Waals surface area contributed by atoms with Crippen molar-refractivity contribution in [3.05, 3.63) is 225 Å². The van der Waals surface area contributed by atoms with E-state index in [2.05, 4.69) is 210 Å². The summed E-state index contributed by atoms with van der Waals surface area (Å²) in [4.78, 5) is 11.6. The quantitative estimate of drug-likeness (QED) is 0.112. The van der Waals surface area contributed by atoms with Gasteiger partial charge in [-0.2, -0.15) is 0 Å². The van der Waals surface area contributed by atoms with Crippen LogP contribution in [0.3, 0.4) is 0 Å². The molecule has 1 aromatic heterocycles. The van der Waals surface area contributed by atoms with Gasteiger partial charge in [-0.25, -0.2) is 0 Å². The molecule has 0 spiro atoms. The molecule has 62 heavy (non-hydrogen) atoms. The second-order valence-corrected chi connectivity index (χ2v) is 18.1. The predicted molar refractivity (Wildman–Crippen MR) is 251 cm³/mol.